The summed E-state index contributed by atoms with van der Waals surface area (Å²) >= 11 is 0. The highest BCUT2D eigenvalue weighted by molar-refractivity contribution is 5.81. The Morgan fingerprint density at radius 1 is 1.26 bits per heavy atom. The topological polar surface area (TPSA) is 58.4 Å². The van der Waals surface area contributed by atoms with Gasteiger partial charge >= 0.3 is 0 Å². The number of amides is 1. The molecule has 1 unspecified atom stereocenters. The van der Waals surface area contributed by atoms with E-state index in [2.05, 4.69) is 17.1 Å². The van der Waals surface area contributed by atoms with E-state index in [0.717, 1.165) is 38.6 Å². The molecule has 0 aromatic rings. The molecule has 4 heteroatoms. The fourth-order valence-electron chi connectivity index (χ4n) is 2.94. The molecule has 0 saturated heterocycles. The summed E-state index contributed by atoms with van der Waals surface area (Å²) in [7, 11) is 0. The number of nitrogens with zero attached hydrogens (tertiary/aromatic N) is 1. The number of nitrogens with two attached hydrogens (primary N) is 1. The average molecular weight is 269 g/mol. The molecule has 1 fully saturated rings. The number of hydrogen-bond donors (Lipinski definition) is 2. The van der Waals surface area contributed by atoms with Gasteiger partial charge in [0.1, 0.15) is 0 Å². The second kappa shape index (κ2) is 7.85. The predicted molar refractivity (Wildman–Crippen MR) is 80.0 cm³/mol. The first-order chi connectivity index (χ1) is 8.95. The van der Waals surface area contributed by atoms with Crippen molar-refractivity contribution in [3.05, 3.63) is 0 Å². The number of carbonyl (C=O) groups is 1. The van der Waals surface area contributed by atoms with Crippen molar-refractivity contribution in [2.45, 2.75) is 84.0 Å². The molecular formula is C15H31N3O. The predicted octanol–water partition coefficient (Wildman–Crippen LogP) is 1.88. The molecule has 0 spiro atoms. The zero-order valence-corrected chi connectivity index (χ0v) is 13.0. The van der Waals surface area contributed by atoms with Gasteiger partial charge in [0.05, 0.1) is 6.04 Å². The van der Waals surface area contributed by atoms with Gasteiger partial charge in [-0.25, -0.2) is 0 Å². The fraction of sp³-hybridized carbons (Fsp3) is 0.933. The van der Waals surface area contributed by atoms with E-state index < -0.39 is 0 Å². The van der Waals surface area contributed by atoms with Crippen LogP contribution in [0.15, 0.2) is 0 Å². The van der Waals surface area contributed by atoms with E-state index in [-0.39, 0.29) is 18.0 Å². The van der Waals surface area contributed by atoms with E-state index in [1.165, 1.54) is 0 Å². The summed E-state index contributed by atoms with van der Waals surface area (Å²) in [4.78, 5) is 14.6. The molecule has 1 aliphatic carbocycles. The maximum absolute atomic E-state index is 12.2. The van der Waals surface area contributed by atoms with Gasteiger partial charge in [-0.2, -0.15) is 0 Å². The zero-order chi connectivity index (χ0) is 14.4. The van der Waals surface area contributed by atoms with Crippen LogP contribution in [0.25, 0.3) is 0 Å². The Balaban J connectivity index is 2.62. The standard InChI is InChI=1S/C15H31N3O/c1-5-10-18(12(4)15(19)17-11(2)3)14-8-6-13(16)7-9-14/h11-14H,5-10,16H2,1-4H3,(H,17,19). The number of carbonyl (C=O) groups excluding carboxylic acids is 1. The first-order valence-electron chi connectivity index (χ1n) is 7.77. The lowest BCUT2D eigenvalue weighted by atomic mass is 9.90. The van der Waals surface area contributed by atoms with Crippen molar-refractivity contribution >= 4 is 5.91 Å². The Kier molecular flexibility index (Phi) is 6.80. The third kappa shape index (κ3) is 5.11. The Hall–Kier alpha value is -0.610. The Labute approximate surface area is 118 Å². The molecule has 112 valence electrons. The Morgan fingerprint density at radius 2 is 1.84 bits per heavy atom. The molecule has 0 bridgehead atoms. The van der Waals surface area contributed by atoms with Crippen LogP contribution < -0.4 is 11.1 Å². The summed E-state index contributed by atoms with van der Waals surface area (Å²) in [6.07, 6.45) is 5.51. The van der Waals surface area contributed by atoms with Crippen LogP contribution in [-0.4, -0.2) is 41.5 Å². The molecule has 1 rings (SSSR count). The van der Waals surface area contributed by atoms with E-state index in [4.69, 9.17) is 5.73 Å². The lowest BCUT2D eigenvalue weighted by molar-refractivity contribution is -0.127. The summed E-state index contributed by atoms with van der Waals surface area (Å²) in [5.41, 5.74) is 5.98. The van der Waals surface area contributed by atoms with Crippen molar-refractivity contribution in [2.75, 3.05) is 6.54 Å². The minimum absolute atomic E-state index is 0.0401. The molecule has 0 aliphatic heterocycles. The Morgan fingerprint density at radius 3 is 2.32 bits per heavy atom. The van der Waals surface area contributed by atoms with Crippen LogP contribution in [0.1, 0.15) is 59.8 Å². The molecule has 1 aliphatic rings. The second-order valence-electron chi connectivity index (χ2n) is 6.15. The molecule has 0 aromatic heterocycles. The maximum atomic E-state index is 12.2. The van der Waals surface area contributed by atoms with Gasteiger partial charge in [-0.1, -0.05) is 6.92 Å². The van der Waals surface area contributed by atoms with E-state index >= 15 is 0 Å². The van der Waals surface area contributed by atoms with Crippen molar-refractivity contribution in [3.8, 4) is 0 Å². The van der Waals surface area contributed by atoms with Crippen molar-refractivity contribution in [2.24, 2.45) is 5.73 Å². The van der Waals surface area contributed by atoms with Crippen LogP contribution in [0.4, 0.5) is 0 Å². The van der Waals surface area contributed by atoms with Crippen LogP contribution in [-0.2, 0) is 4.79 Å². The van der Waals surface area contributed by atoms with Gasteiger partial charge in [-0.15, -0.1) is 0 Å². The van der Waals surface area contributed by atoms with Gasteiger partial charge in [0.25, 0.3) is 0 Å². The Bertz CT molecular complexity index is 273. The molecular weight excluding hydrogens is 238 g/mol. The lowest BCUT2D eigenvalue weighted by Gasteiger charge is -2.39. The smallest absolute Gasteiger partial charge is 0.237 e. The number of nitrogens with one attached hydrogen (secondary N) is 1. The summed E-state index contributed by atoms with van der Waals surface area (Å²) in [6, 6.07) is 1.05. The number of rotatable bonds is 6. The van der Waals surface area contributed by atoms with Crippen LogP contribution in [0, 0.1) is 0 Å². The molecule has 1 atom stereocenters. The van der Waals surface area contributed by atoms with Crippen molar-refractivity contribution in [1.29, 1.82) is 0 Å². The van der Waals surface area contributed by atoms with E-state index in [1.54, 1.807) is 0 Å². The molecule has 3 N–H and O–H groups in total. The van der Waals surface area contributed by atoms with E-state index in [9.17, 15) is 4.79 Å². The highest BCUT2D eigenvalue weighted by Gasteiger charge is 2.30. The van der Waals surface area contributed by atoms with Gasteiger partial charge in [-0.3, -0.25) is 9.69 Å². The monoisotopic (exact) mass is 269 g/mol. The molecule has 1 saturated carbocycles. The van der Waals surface area contributed by atoms with Crippen molar-refractivity contribution in [3.63, 3.8) is 0 Å². The quantitative estimate of drug-likeness (QED) is 0.774. The largest absolute Gasteiger partial charge is 0.353 e. The maximum Gasteiger partial charge on any atom is 0.237 e. The molecule has 1 amide bonds. The highest BCUT2D eigenvalue weighted by Crippen LogP contribution is 2.24. The lowest BCUT2D eigenvalue weighted by Crippen LogP contribution is -2.52. The molecule has 0 heterocycles. The normalized spacial score (nSPS) is 25.6. The summed E-state index contributed by atoms with van der Waals surface area (Å²) in [5, 5.41) is 3.02. The van der Waals surface area contributed by atoms with Crippen LogP contribution in [0.2, 0.25) is 0 Å². The van der Waals surface area contributed by atoms with Gasteiger partial charge < -0.3 is 11.1 Å². The first-order valence-corrected chi connectivity index (χ1v) is 7.77. The van der Waals surface area contributed by atoms with Crippen LogP contribution in [0.3, 0.4) is 0 Å². The second-order valence-corrected chi connectivity index (χ2v) is 6.15. The summed E-state index contributed by atoms with van der Waals surface area (Å²) < 4.78 is 0. The molecule has 0 radical (unpaired) electrons. The van der Waals surface area contributed by atoms with Crippen molar-refractivity contribution in [1.82, 2.24) is 10.2 Å². The fourth-order valence-corrected chi connectivity index (χ4v) is 2.94. The molecule has 19 heavy (non-hydrogen) atoms. The minimum atomic E-state index is -0.0401. The van der Waals surface area contributed by atoms with E-state index in [1.807, 2.05) is 20.8 Å². The van der Waals surface area contributed by atoms with Crippen LogP contribution in [0.5, 0.6) is 0 Å². The molecule has 4 nitrogen and oxygen atoms in total. The summed E-state index contributed by atoms with van der Waals surface area (Å²) in [6.45, 7) is 9.21. The van der Waals surface area contributed by atoms with Crippen LogP contribution >= 0.6 is 0 Å². The average Bonchev–Trinajstić information content (AvgIpc) is 2.35. The third-order valence-corrected chi connectivity index (χ3v) is 4.00. The summed E-state index contributed by atoms with van der Waals surface area (Å²) in [5.74, 6) is 0.151. The highest BCUT2D eigenvalue weighted by atomic mass is 16.2. The first kappa shape index (κ1) is 16.4. The van der Waals surface area contributed by atoms with Gasteiger partial charge in [0, 0.05) is 18.1 Å². The zero-order valence-electron chi connectivity index (χ0n) is 13.0. The van der Waals surface area contributed by atoms with Gasteiger partial charge in [0.15, 0.2) is 0 Å². The van der Waals surface area contributed by atoms with Gasteiger partial charge in [-0.05, 0) is 59.4 Å². The molecule has 0 aromatic carbocycles. The minimum Gasteiger partial charge on any atom is -0.353 e. The van der Waals surface area contributed by atoms with Crippen molar-refractivity contribution < 1.29 is 4.79 Å². The number of hydrogen-bond acceptors (Lipinski definition) is 3. The SMILES string of the molecule is CCCN(C1CCC(N)CC1)C(C)C(=O)NC(C)C. The third-order valence-electron chi connectivity index (χ3n) is 4.00. The van der Waals surface area contributed by atoms with E-state index in [0.29, 0.717) is 12.1 Å². The van der Waals surface area contributed by atoms with Gasteiger partial charge in [0.2, 0.25) is 5.91 Å².